The first-order valence-electron chi connectivity index (χ1n) is 7.74. The van der Waals surface area contributed by atoms with E-state index in [4.69, 9.17) is 0 Å². The molecule has 1 aliphatic rings. The maximum Gasteiger partial charge on any atom is 0.134 e. The van der Waals surface area contributed by atoms with Crippen molar-refractivity contribution < 1.29 is 0 Å². The van der Waals surface area contributed by atoms with Gasteiger partial charge in [0.1, 0.15) is 18.0 Å². The Morgan fingerprint density at radius 3 is 3.09 bits per heavy atom. The third-order valence-corrected chi connectivity index (χ3v) is 4.21. The third-order valence-electron chi connectivity index (χ3n) is 4.21. The van der Waals surface area contributed by atoms with E-state index in [0.29, 0.717) is 6.04 Å². The van der Waals surface area contributed by atoms with Crippen LogP contribution in [-0.4, -0.2) is 46.3 Å². The Labute approximate surface area is 130 Å². The quantitative estimate of drug-likeness (QED) is 0.746. The summed E-state index contributed by atoms with van der Waals surface area (Å²) in [7, 11) is 1.88. The summed E-state index contributed by atoms with van der Waals surface area (Å²) < 4.78 is 0. The van der Waals surface area contributed by atoms with Crippen LogP contribution in [0.25, 0.3) is 0 Å². The largest absolute Gasteiger partial charge is 0.373 e. The fourth-order valence-corrected chi connectivity index (χ4v) is 2.92. The highest BCUT2D eigenvalue weighted by molar-refractivity contribution is 5.49. The zero-order valence-corrected chi connectivity index (χ0v) is 13.1. The van der Waals surface area contributed by atoms with Gasteiger partial charge in [0.15, 0.2) is 0 Å². The van der Waals surface area contributed by atoms with E-state index in [1.807, 2.05) is 26.2 Å². The summed E-state index contributed by atoms with van der Waals surface area (Å²) in [4.78, 5) is 11.0. The molecule has 1 aliphatic heterocycles. The monoisotopic (exact) mass is 301 g/mol. The Balaban J connectivity index is 1.59. The maximum absolute atomic E-state index is 4.42. The molecule has 0 bridgehead atoms. The fourth-order valence-electron chi connectivity index (χ4n) is 2.92. The fraction of sp³-hybridized carbons (Fsp3) is 0.533. The van der Waals surface area contributed by atoms with Crippen molar-refractivity contribution in [2.45, 2.75) is 32.4 Å². The minimum Gasteiger partial charge on any atom is -0.373 e. The molecular weight excluding hydrogens is 278 g/mol. The minimum absolute atomic E-state index is 0.479. The lowest BCUT2D eigenvalue weighted by molar-refractivity contribution is 0.570. The van der Waals surface area contributed by atoms with Crippen LogP contribution in [0.2, 0.25) is 0 Å². The van der Waals surface area contributed by atoms with Crippen LogP contribution in [0.15, 0.2) is 18.6 Å². The molecular formula is C15H23N7. The Morgan fingerprint density at radius 1 is 1.41 bits per heavy atom. The molecule has 0 aromatic carbocycles. The zero-order chi connectivity index (χ0) is 15.4. The van der Waals surface area contributed by atoms with Crippen LogP contribution in [0.4, 0.5) is 11.6 Å². The van der Waals surface area contributed by atoms with E-state index in [1.54, 1.807) is 6.33 Å². The molecule has 2 aromatic heterocycles. The summed E-state index contributed by atoms with van der Waals surface area (Å²) in [6, 6.07) is 2.49. The van der Waals surface area contributed by atoms with E-state index in [0.717, 1.165) is 37.0 Å². The molecule has 3 rings (SSSR count). The van der Waals surface area contributed by atoms with Crippen LogP contribution >= 0.6 is 0 Å². The molecule has 3 N–H and O–H groups in total. The van der Waals surface area contributed by atoms with Gasteiger partial charge in [-0.2, -0.15) is 5.10 Å². The van der Waals surface area contributed by atoms with Gasteiger partial charge in [0.25, 0.3) is 0 Å². The van der Waals surface area contributed by atoms with Crippen molar-refractivity contribution in [2.24, 2.45) is 0 Å². The molecule has 0 amide bonds. The standard InChI is InChI=1S/C15H23N7/c1-11-12(8-20-21-11)7-17-9-13-4-3-5-22(13)15-6-14(16-2)18-10-19-15/h6,8,10,13,17H,3-5,7,9H2,1-2H3,(H,20,21)(H,16,18,19). The third kappa shape index (κ3) is 3.19. The Bertz CT molecular complexity index is 609. The summed E-state index contributed by atoms with van der Waals surface area (Å²) in [5.74, 6) is 1.86. The molecule has 7 heteroatoms. The summed E-state index contributed by atoms with van der Waals surface area (Å²) in [5.41, 5.74) is 2.36. The minimum atomic E-state index is 0.479. The number of anilines is 2. The van der Waals surface area contributed by atoms with Crippen LogP contribution in [0.1, 0.15) is 24.1 Å². The van der Waals surface area contributed by atoms with Crippen molar-refractivity contribution in [2.75, 3.05) is 30.4 Å². The molecule has 7 nitrogen and oxygen atoms in total. The highest BCUT2D eigenvalue weighted by atomic mass is 15.2. The lowest BCUT2D eigenvalue weighted by Crippen LogP contribution is -2.38. The van der Waals surface area contributed by atoms with Gasteiger partial charge in [0.05, 0.1) is 6.20 Å². The van der Waals surface area contributed by atoms with Gasteiger partial charge in [-0.05, 0) is 19.8 Å². The smallest absolute Gasteiger partial charge is 0.134 e. The number of H-pyrrole nitrogens is 1. The normalized spacial score (nSPS) is 17.9. The van der Waals surface area contributed by atoms with Crippen LogP contribution in [0.3, 0.4) is 0 Å². The number of aromatic amines is 1. The van der Waals surface area contributed by atoms with E-state index in [2.05, 4.69) is 35.7 Å². The molecule has 0 radical (unpaired) electrons. The second kappa shape index (κ2) is 6.74. The van der Waals surface area contributed by atoms with Crippen LogP contribution in [0, 0.1) is 6.92 Å². The van der Waals surface area contributed by atoms with E-state index >= 15 is 0 Å². The van der Waals surface area contributed by atoms with Crippen molar-refractivity contribution in [3.63, 3.8) is 0 Å². The number of aryl methyl sites for hydroxylation is 1. The van der Waals surface area contributed by atoms with E-state index in [-0.39, 0.29) is 0 Å². The molecule has 3 heterocycles. The molecule has 22 heavy (non-hydrogen) atoms. The van der Waals surface area contributed by atoms with Gasteiger partial charge in [-0.3, -0.25) is 5.10 Å². The van der Waals surface area contributed by atoms with E-state index in [9.17, 15) is 0 Å². The van der Waals surface area contributed by atoms with Gasteiger partial charge >= 0.3 is 0 Å². The van der Waals surface area contributed by atoms with Gasteiger partial charge < -0.3 is 15.5 Å². The molecule has 1 fully saturated rings. The highest BCUT2D eigenvalue weighted by Crippen LogP contribution is 2.24. The maximum atomic E-state index is 4.42. The summed E-state index contributed by atoms with van der Waals surface area (Å²) in [5, 5.41) is 13.6. The van der Waals surface area contributed by atoms with Crippen LogP contribution in [-0.2, 0) is 6.54 Å². The number of hydrogen-bond acceptors (Lipinski definition) is 6. The number of hydrogen-bond donors (Lipinski definition) is 3. The second-order valence-electron chi connectivity index (χ2n) is 5.65. The summed E-state index contributed by atoms with van der Waals surface area (Å²) in [6.07, 6.45) is 5.91. The Kier molecular flexibility index (Phi) is 4.53. The first-order chi connectivity index (χ1) is 10.8. The molecule has 1 unspecified atom stereocenters. The van der Waals surface area contributed by atoms with Crippen molar-refractivity contribution in [3.05, 3.63) is 29.8 Å². The first-order valence-corrected chi connectivity index (χ1v) is 7.74. The van der Waals surface area contributed by atoms with Gasteiger partial charge in [-0.25, -0.2) is 9.97 Å². The highest BCUT2D eigenvalue weighted by Gasteiger charge is 2.25. The summed E-state index contributed by atoms with van der Waals surface area (Å²) in [6.45, 7) is 4.89. The number of rotatable bonds is 6. The van der Waals surface area contributed by atoms with E-state index in [1.165, 1.54) is 18.4 Å². The average molecular weight is 301 g/mol. The topological polar surface area (TPSA) is 81.8 Å². The van der Waals surface area contributed by atoms with Crippen LogP contribution in [0.5, 0.6) is 0 Å². The molecule has 0 aliphatic carbocycles. The Morgan fingerprint density at radius 2 is 2.32 bits per heavy atom. The number of aromatic nitrogens is 4. The average Bonchev–Trinajstić information content (AvgIpc) is 3.17. The lowest BCUT2D eigenvalue weighted by atomic mass is 10.2. The first kappa shape index (κ1) is 14.8. The predicted molar refractivity (Wildman–Crippen MR) is 87.0 cm³/mol. The molecule has 1 atom stereocenters. The van der Waals surface area contributed by atoms with Crippen molar-refractivity contribution >= 4 is 11.6 Å². The van der Waals surface area contributed by atoms with Crippen molar-refractivity contribution in [1.82, 2.24) is 25.5 Å². The van der Waals surface area contributed by atoms with Gasteiger partial charge in [-0.1, -0.05) is 0 Å². The predicted octanol–water partition coefficient (Wildman–Crippen LogP) is 1.31. The molecule has 118 valence electrons. The SMILES string of the molecule is CNc1cc(N2CCCC2CNCc2cn[nH]c2C)ncn1. The zero-order valence-electron chi connectivity index (χ0n) is 13.1. The van der Waals surface area contributed by atoms with Crippen molar-refractivity contribution in [1.29, 1.82) is 0 Å². The molecule has 1 saturated heterocycles. The lowest BCUT2D eigenvalue weighted by Gasteiger charge is -2.26. The second-order valence-corrected chi connectivity index (χ2v) is 5.65. The van der Waals surface area contributed by atoms with E-state index < -0.39 is 0 Å². The molecule has 0 spiro atoms. The van der Waals surface area contributed by atoms with Crippen LogP contribution < -0.4 is 15.5 Å². The summed E-state index contributed by atoms with van der Waals surface area (Å²) >= 11 is 0. The van der Waals surface area contributed by atoms with Gasteiger partial charge in [0.2, 0.25) is 0 Å². The number of nitrogens with one attached hydrogen (secondary N) is 3. The van der Waals surface area contributed by atoms with Gasteiger partial charge in [-0.15, -0.1) is 0 Å². The molecule has 0 saturated carbocycles. The molecule has 2 aromatic rings. The number of nitrogens with zero attached hydrogens (tertiary/aromatic N) is 4. The van der Waals surface area contributed by atoms with Gasteiger partial charge in [0, 0.05) is 50.0 Å². The van der Waals surface area contributed by atoms with Crippen molar-refractivity contribution in [3.8, 4) is 0 Å². The Hall–Kier alpha value is -2.15.